The molecule has 4 aliphatic heterocycles. The van der Waals surface area contributed by atoms with Crippen LogP contribution in [0.5, 0.6) is 0 Å². The van der Waals surface area contributed by atoms with E-state index in [9.17, 15) is 85.6 Å². The zero-order chi connectivity index (χ0) is 53.4. The van der Waals surface area contributed by atoms with E-state index in [1.165, 1.54) is 13.2 Å². The van der Waals surface area contributed by atoms with E-state index >= 15 is 0 Å². The number of unbranched alkanes of at least 4 members (excludes halogenated alkanes) is 5. The molecule has 0 radical (unpaired) electrons. The Labute approximate surface area is 413 Å². The lowest BCUT2D eigenvalue weighted by atomic mass is 9.88. The summed E-state index contributed by atoms with van der Waals surface area (Å²) in [6.07, 6.45) is -32.6. The summed E-state index contributed by atoms with van der Waals surface area (Å²) in [5.74, 6) is -6.36. The van der Waals surface area contributed by atoms with Crippen molar-refractivity contribution in [2.24, 2.45) is 0 Å². The number of carboxylic acid groups (broad SMARTS) is 1. The molecular weight excluding hydrogens is 976 g/mol. The fraction of sp³-hybridized carbons (Fsp3) is 0.860. The van der Waals surface area contributed by atoms with Gasteiger partial charge in [-0.1, -0.05) is 38.3 Å². The molecule has 72 heavy (non-hydrogen) atoms. The monoisotopic (exact) mass is 1050 g/mol. The number of ether oxygens (including phenoxy) is 10. The van der Waals surface area contributed by atoms with Crippen molar-refractivity contribution in [2.75, 3.05) is 46.8 Å². The summed E-state index contributed by atoms with van der Waals surface area (Å²) in [4.78, 5) is 50.0. The Morgan fingerprint density at radius 3 is 1.89 bits per heavy atom. The number of alkyl carbamates (subject to hydrolysis) is 1. The van der Waals surface area contributed by atoms with Crippen molar-refractivity contribution in [3.8, 4) is 0 Å². The van der Waals surface area contributed by atoms with E-state index in [0.29, 0.717) is 19.3 Å². The largest absolute Gasteiger partial charge is 0.477 e. The number of carboxylic acids is 1. The van der Waals surface area contributed by atoms with Crippen molar-refractivity contribution in [3.05, 3.63) is 12.7 Å². The molecule has 15 N–H and O–H groups in total. The van der Waals surface area contributed by atoms with Gasteiger partial charge in [0.2, 0.25) is 5.91 Å². The molecule has 4 fully saturated rings. The summed E-state index contributed by atoms with van der Waals surface area (Å²) in [6.45, 7) is 0.0261. The maximum absolute atomic E-state index is 13.4. The summed E-state index contributed by atoms with van der Waals surface area (Å²) < 4.78 is 57.3. The Bertz CT molecular complexity index is 1700. The van der Waals surface area contributed by atoms with E-state index in [0.717, 1.165) is 26.2 Å². The molecule has 4 saturated heterocycles. The molecule has 29 nitrogen and oxygen atoms in total. The second-order valence-corrected chi connectivity index (χ2v) is 17.7. The van der Waals surface area contributed by atoms with Crippen LogP contribution in [0.1, 0.15) is 58.3 Å². The molecule has 0 saturated carbocycles. The van der Waals surface area contributed by atoms with Crippen LogP contribution >= 0.6 is 0 Å². The number of aliphatic hydroxyl groups is 12. The third kappa shape index (κ3) is 15.6. The molecule has 0 spiro atoms. The molecule has 4 heterocycles. The fourth-order valence-corrected chi connectivity index (χ4v) is 8.63. The van der Waals surface area contributed by atoms with Gasteiger partial charge < -0.3 is 124 Å². The predicted molar refractivity (Wildman–Crippen MR) is 233 cm³/mol. The average Bonchev–Trinajstić information content (AvgIpc) is 3.35. The number of aliphatic hydroxyl groups excluding tert-OH is 12. The summed E-state index contributed by atoms with van der Waals surface area (Å²) in [7, 11) is 1.30. The maximum atomic E-state index is 13.4. The molecule has 0 bridgehead atoms. The second kappa shape index (κ2) is 29.1. The van der Waals surface area contributed by atoms with Crippen LogP contribution in [0.4, 0.5) is 4.79 Å². The van der Waals surface area contributed by atoms with Crippen LogP contribution in [0, 0.1) is 0 Å². The standard InChI is InChI=1S/C43H72N2O27/c1-4-12-65-42(62)45-27-36(34(69-39-32(58)31(57)29(55)22(16-47)66-39)24(18-49)68-38(27)64-13-10-8-6-5-7-9-11-25(53)63-3)70-40-33(59)37(30(56)23(17-48)67-40)72-43(41(60)61)14-20(51)26(44-19(2)50)35(71-43)28(54)21(52)15-46/h4,20-24,26-40,46-49,51-52,54-59H,1,5-18H2,2-3H3,(H,44,50)(H,45,62)(H,60,61)/t20?,21?,22?,23?,24?,26-,27?,28?,29-,30+,31?,32?,33?,34-,35?,36?,37?,38-,39?,40?,43+/m1/s1. The van der Waals surface area contributed by atoms with Gasteiger partial charge in [-0.25, -0.2) is 9.59 Å². The average molecular weight is 1050 g/mol. The van der Waals surface area contributed by atoms with Gasteiger partial charge >= 0.3 is 18.0 Å². The lowest BCUT2D eigenvalue weighted by molar-refractivity contribution is -0.391. The topological polar surface area (TPSA) is 448 Å². The predicted octanol–water partition coefficient (Wildman–Crippen LogP) is -6.55. The SMILES string of the molecule is C=CCOC(=O)NC1C(OC2OC(CO)[C@H](O)C(O[C@]3(C(=O)O)CC(O)[C@@H](NC(C)=O)C(C(O)C(O)CO)O3)C2O)[C@H](OC2OC(CO)[C@@H](O)C(O)C2O)C(CO)O[C@H]1OCCCCCCCCC(=O)OC. The first-order valence-corrected chi connectivity index (χ1v) is 23.5. The highest BCUT2D eigenvalue weighted by atomic mass is 16.8. The Balaban J connectivity index is 1.74. The van der Waals surface area contributed by atoms with Crippen LogP contribution in [-0.4, -0.2) is 265 Å². The number of hydrogen-bond donors (Lipinski definition) is 15. The number of aliphatic carboxylic acids is 1. The molecule has 0 aromatic rings. The molecule has 0 aromatic heterocycles. The van der Waals surface area contributed by atoms with Gasteiger partial charge in [-0.3, -0.25) is 9.59 Å². The minimum atomic E-state index is -3.18. The second-order valence-electron chi connectivity index (χ2n) is 17.7. The summed E-state index contributed by atoms with van der Waals surface area (Å²) in [5, 5.41) is 144. The molecule has 21 atom stereocenters. The number of carbonyl (C=O) groups excluding carboxylic acids is 3. The number of rotatable bonds is 27. The van der Waals surface area contributed by atoms with Gasteiger partial charge in [-0.2, -0.15) is 0 Å². The van der Waals surface area contributed by atoms with E-state index in [4.69, 9.17) is 42.6 Å². The van der Waals surface area contributed by atoms with E-state index in [1.54, 1.807) is 0 Å². The van der Waals surface area contributed by atoms with Crippen LogP contribution in [0.25, 0.3) is 0 Å². The minimum absolute atomic E-state index is 0.0655. The third-order valence-corrected chi connectivity index (χ3v) is 12.5. The molecule has 2 amide bonds. The van der Waals surface area contributed by atoms with E-state index in [2.05, 4.69) is 21.9 Å². The summed E-state index contributed by atoms with van der Waals surface area (Å²) >= 11 is 0. The van der Waals surface area contributed by atoms with Crippen LogP contribution in [0.3, 0.4) is 0 Å². The number of methoxy groups -OCH3 is 1. The van der Waals surface area contributed by atoms with Crippen LogP contribution in [-0.2, 0) is 61.8 Å². The minimum Gasteiger partial charge on any atom is -0.477 e. The van der Waals surface area contributed by atoms with Gasteiger partial charge in [-0.15, -0.1) is 0 Å². The lowest BCUT2D eigenvalue weighted by Gasteiger charge is -2.51. The van der Waals surface area contributed by atoms with Crippen LogP contribution in [0.2, 0.25) is 0 Å². The normalized spacial score (nSPS) is 38.0. The van der Waals surface area contributed by atoms with Gasteiger partial charge in [0.25, 0.3) is 5.79 Å². The number of amides is 2. The Kier molecular flexibility index (Phi) is 24.7. The molecular formula is C43H72N2O27. The molecule has 416 valence electrons. The van der Waals surface area contributed by atoms with Crippen molar-refractivity contribution in [1.29, 1.82) is 0 Å². The van der Waals surface area contributed by atoms with Crippen molar-refractivity contribution in [2.45, 2.75) is 187 Å². The lowest BCUT2D eigenvalue weighted by Crippen LogP contribution is -2.71. The van der Waals surface area contributed by atoms with Gasteiger partial charge in [0.1, 0.15) is 98.1 Å². The fourth-order valence-electron chi connectivity index (χ4n) is 8.63. The Morgan fingerprint density at radius 2 is 1.31 bits per heavy atom. The molecule has 4 aliphatic rings. The highest BCUT2D eigenvalue weighted by Gasteiger charge is 2.61. The van der Waals surface area contributed by atoms with E-state index in [-0.39, 0.29) is 25.6 Å². The van der Waals surface area contributed by atoms with Crippen molar-refractivity contribution >= 4 is 23.9 Å². The van der Waals surface area contributed by atoms with Crippen molar-refractivity contribution in [3.63, 3.8) is 0 Å². The van der Waals surface area contributed by atoms with Crippen LogP contribution in [0.15, 0.2) is 12.7 Å². The highest BCUT2D eigenvalue weighted by molar-refractivity contribution is 5.76. The van der Waals surface area contributed by atoms with Gasteiger partial charge in [-0.05, 0) is 12.8 Å². The van der Waals surface area contributed by atoms with Crippen molar-refractivity contribution in [1.82, 2.24) is 10.6 Å². The number of nitrogens with one attached hydrogen (secondary N) is 2. The van der Waals surface area contributed by atoms with Crippen molar-refractivity contribution < 1.29 is 133 Å². The first-order chi connectivity index (χ1) is 34.2. The zero-order valence-electron chi connectivity index (χ0n) is 39.8. The first-order valence-electron chi connectivity index (χ1n) is 23.5. The Morgan fingerprint density at radius 1 is 0.722 bits per heavy atom. The number of carbonyl (C=O) groups is 4. The molecule has 4 rings (SSSR count). The van der Waals surface area contributed by atoms with Gasteiger partial charge in [0, 0.05) is 26.4 Å². The molecule has 0 aromatic carbocycles. The summed E-state index contributed by atoms with van der Waals surface area (Å²) in [6, 6.07) is -3.32. The quantitative estimate of drug-likeness (QED) is 0.0207. The zero-order valence-corrected chi connectivity index (χ0v) is 39.8. The number of hydrogen-bond acceptors (Lipinski definition) is 26. The molecule has 15 unspecified atom stereocenters. The molecule has 29 heteroatoms. The van der Waals surface area contributed by atoms with Crippen LogP contribution < -0.4 is 10.6 Å². The van der Waals surface area contributed by atoms with Gasteiger partial charge in [0.15, 0.2) is 18.9 Å². The Hall–Kier alpha value is -3.38. The maximum Gasteiger partial charge on any atom is 0.407 e. The summed E-state index contributed by atoms with van der Waals surface area (Å²) in [5.41, 5.74) is 0. The first kappa shape index (κ1) is 61.2. The smallest absolute Gasteiger partial charge is 0.407 e. The van der Waals surface area contributed by atoms with E-state index in [1.807, 2.05) is 0 Å². The third-order valence-electron chi connectivity index (χ3n) is 12.5. The van der Waals surface area contributed by atoms with Gasteiger partial charge in [0.05, 0.1) is 45.7 Å². The highest BCUT2D eigenvalue weighted by Crippen LogP contribution is 2.39. The molecule has 0 aliphatic carbocycles. The number of esters is 1. The van der Waals surface area contributed by atoms with E-state index < -0.39 is 179 Å².